The Morgan fingerprint density at radius 1 is 1.43 bits per heavy atom. The Kier molecular flexibility index (Phi) is 6.32. The Morgan fingerprint density at radius 3 is 2.36 bits per heavy atom. The minimum Gasteiger partial charge on any atom is -0.414 e. The van der Waals surface area contributed by atoms with Crippen LogP contribution >= 0.6 is 0 Å². The third-order valence-corrected chi connectivity index (χ3v) is 2.97. The van der Waals surface area contributed by atoms with Gasteiger partial charge in [0.1, 0.15) is 0 Å². The molecule has 2 nitrogen and oxygen atoms in total. The molecule has 0 heterocycles. The summed E-state index contributed by atoms with van der Waals surface area (Å²) in [5, 5.41) is 8.98. The topological polar surface area (TPSA) is 29.5 Å². The van der Waals surface area contributed by atoms with Crippen molar-refractivity contribution in [2.75, 3.05) is 6.61 Å². The van der Waals surface area contributed by atoms with Gasteiger partial charge in [0.2, 0.25) is 0 Å². The van der Waals surface area contributed by atoms with Crippen LogP contribution in [0.2, 0.25) is 19.6 Å². The molecule has 0 aromatic carbocycles. The van der Waals surface area contributed by atoms with Gasteiger partial charge in [0, 0.05) is 12.7 Å². The first kappa shape index (κ1) is 13.9. The molecule has 0 aliphatic carbocycles. The molecule has 1 N–H and O–H groups in total. The van der Waals surface area contributed by atoms with Gasteiger partial charge in [-0.1, -0.05) is 13.0 Å². The first-order valence-corrected chi connectivity index (χ1v) is 8.69. The van der Waals surface area contributed by atoms with E-state index in [0.717, 1.165) is 12.8 Å². The first-order chi connectivity index (χ1) is 6.39. The second kappa shape index (κ2) is 6.38. The summed E-state index contributed by atoms with van der Waals surface area (Å²) in [6.45, 7) is 12.6. The number of hydrogen-bond acceptors (Lipinski definition) is 2. The van der Waals surface area contributed by atoms with Crippen molar-refractivity contribution in [3.63, 3.8) is 0 Å². The maximum absolute atomic E-state index is 8.98. The van der Waals surface area contributed by atoms with Crippen LogP contribution in [0.5, 0.6) is 0 Å². The van der Waals surface area contributed by atoms with Crippen LogP contribution in [-0.2, 0) is 4.43 Å². The molecule has 0 fully saturated rings. The van der Waals surface area contributed by atoms with Gasteiger partial charge in [-0.05, 0) is 38.4 Å². The quantitative estimate of drug-likeness (QED) is 0.524. The molecule has 3 heteroatoms. The second-order valence-corrected chi connectivity index (χ2v) is 9.36. The van der Waals surface area contributed by atoms with Crippen LogP contribution in [-0.4, -0.2) is 26.1 Å². The summed E-state index contributed by atoms with van der Waals surface area (Å²) in [4.78, 5) is 0. The van der Waals surface area contributed by atoms with Gasteiger partial charge < -0.3 is 9.53 Å². The van der Waals surface area contributed by atoms with E-state index >= 15 is 0 Å². The first-order valence-electron chi connectivity index (χ1n) is 5.28. The summed E-state index contributed by atoms with van der Waals surface area (Å²) in [6.07, 6.45) is 3.94. The predicted molar refractivity (Wildman–Crippen MR) is 63.9 cm³/mol. The number of hydrogen-bond donors (Lipinski definition) is 1. The lowest BCUT2D eigenvalue weighted by molar-refractivity contribution is 0.138. The molecule has 0 aliphatic heterocycles. The smallest absolute Gasteiger partial charge is 0.184 e. The van der Waals surface area contributed by atoms with Crippen molar-refractivity contribution in [1.82, 2.24) is 0 Å². The molecule has 0 saturated carbocycles. The number of aliphatic hydroxyl groups is 1. The SMILES string of the molecule is C=CCC(CC(C)CO)O[Si](C)(C)C. The molecule has 0 bridgehead atoms. The van der Waals surface area contributed by atoms with Crippen LogP contribution in [0.3, 0.4) is 0 Å². The van der Waals surface area contributed by atoms with Crippen LogP contribution < -0.4 is 0 Å². The molecule has 0 aromatic heterocycles. The van der Waals surface area contributed by atoms with E-state index in [1.54, 1.807) is 0 Å². The van der Waals surface area contributed by atoms with Crippen molar-refractivity contribution in [2.24, 2.45) is 5.92 Å². The van der Waals surface area contributed by atoms with Gasteiger partial charge in [0.25, 0.3) is 0 Å². The maximum atomic E-state index is 8.98. The molecule has 84 valence electrons. The highest BCUT2D eigenvalue weighted by molar-refractivity contribution is 6.69. The Labute approximate surface area is 89.1 Å². The van der Waals surface area contributed by atoms with E-state index in [1.165, 1.54) is 0 Å². The lowest BCUT2D eigenvalue weighted by atomic mass is 10.0. The van der Waals surface area contributed by atoms with E-state index in [-0.39, 0.29) is 12.7 Å². The van der Waals surface area contributed by atoms with E-state index in [0.29, 0.717) is 5.92 Å². The molecule has 0 radical (unpaired) electrons. The molecule has 2 atom stereocenters. The summed E-state index contributed by atoms with van der Waals surface area (Å²) in [7, 11) is -1.47. The van der Waals surface area contributed by atoms with Crippen LogP contribution in [0.1, 0.15) is 19.8 Å². The van der Waals surface area contributed by atoms with Crippen molar-refractivity contribution < 1.29 is 9.53 Å². The minimum absolute atomic E-state index is 0.237. The predicted octanol–water partition coefficient (Wildman–Crippen LogP) is 2.80. The zero-order chi connectivity index (χ0) is 11.2. The largest absolute Gasteiger partial charge is 0.414 e. The standard InChI is InChI=1S/C11H24O2Si/c1-6-7-11(8-10(2)9-12)13-14(3,4)5/h6,10-12H,1,7-9H2,2-5H3. The molecule has 0 amide bonds. The summed E-state index contributed by atoms with van der Waals surface area (Å²) in [5.41, 5.74) is 0. The van der Waals surface area contributed by atoms with Crippen molar-refractivity contribution >= 4 is 8.32 Å². The Morgan fingerprint density at radius 2 is 2.00 bits per heavy atom. The summed E-state index contributed by atoms with van der Waals surface area (Å²) in [5.74, 6) is 0.316. The van der Waals surface area contributed by atoms with Crippen LogP contribution in [0.4, 0.5) is 0 Å². The summed E-state index contributed by atoms with van der Waals surface area (Å²) >= 11 is 0. The van der Waals surface area contributed by atoms with Gasteiger partial charge >= 0.3 is 0 Å². The number of rotatable bonds is 7. The lowest BCUT2D eigenvalue weighted by Crippen LogP contribution is -2.33. The molecule has 2 unspecified atom stereocenters. The zero-order valence-corrected chi connectivity index (χ0v) is 10.9. The van der Waals surface area contributed by atoms with E-state index < -0.39 is 8.32 Å². The van der Waals surface area contributed by atoms with Crippen molar-refractivity contribution in [1.29, 1.82) is 0 Å². The molecule has 0 aliphatic rings. The van der Waals surface area contributed by atoms with Crippen molar-refractivity contribution in [3.8, 4) is 0 Å². The third-order valence-electron chi connectivity index (χ3n) is 1.93. The van der Waals surface area contributed by atoms with Gasteiger partial charge in [-0.25, -0.2) is 0 Å². The summed E-state index contributed by atoms with van der Waals surface area (Å²) in [6, 6.07) is 0. The molecular formula is C11H24O2Si. The lowest BCUT2D eigenvalue weighted by Gasteiger charge is -2.27. The van der Waals surface area contributed by atoms with Gasteiger partial charge in [0.05, 0.1) is 0 Å². The monoisotopic (exact) mass is 216 g/mol. The fourth-order valence-corrected chi connectivity index (χ4v) is 2.59. The highest BCUT2D eigenvalue weighted by atomic mass is 28.4. The molecule has 0 aromatic rings. The molecule has 14 heavy (non-hydrogen) atoms. The highest BCUT2D eigenvalue weighted by Gasteiger charge is 2.21. The maximum Gasteiger partial charge on any atom is 0.184 e. The van der Waals surface area contributed by atoms with Crippen molar-refractivity contribution in [3.05, 3.63) is 12.7 Å². The van der Waals surface area contributed by atoms with Gasteiger partial charge in [0.15, 0.2) is 8.32 Å². The second-order valence-electron chi connectivity index (χ2n) is 4.90. The fourth-order valence-electron chi connectivity index (χ4n) is 1.40. The minimum atomic E-state index is -1.47. The Hall–Kier alpha value is -0.123. The normalized spacial score (nSPS) is 16.4. The third kappa shape index (κ3) is 7.30. The molecular weight excluding hydrogens is 192 g/mol. The van der Waals surface area contributed by atoms with E-state index in [4.69, 9.17) is 9.53 Å². The fraction of sp³-hybridized carbons (Fsp3) is 0.818. The Balaban J connectivity index is 4.08. The van der Waals surface area contributed by atoms with E-state index in [2.05, 4.69) is 26.2 Å². The van der Waals surface area contributed by atoms with Gasteiger partial charge in [-0.3, -0.25) is 0 Å². The van der Waals surface area contributed by atoms with Crippen LogP contribution in [0.25, 0.3) is 0 Å². The van der Waals surface area contributed by atoms with Crippen LogP contribution in [0.15, 0.2) is 12.7 Å². The molecule has 0 rings (SSSR count). The average molecular weight is 216 g/mol. The van der Waals surface area contributed by atoms with Gasteiger partial charge in [-0.15, -0.1) is 6.58 Å². The molecule has 0 spiro atoms. The van der Waals surface area contributed by atoms with Crippen LogP contribution in [0, 0.1) is 5.92 Å². The van der Waals surface area contributed by atoms with E-state index in [1.807, 2.05) is 13.0 Å². The van der Waals surface area contributed by atoms with Gasteiger partial charge in [-0.2, -0.15) is 0 Å². The molecule has 0 saturated heterocycles. The summed E-state index contributed by atoms with van der Waals surface area (Å²) < 4.78 is 6.01. The zero-order valence-electron chi connectivity index (χ0n) is 9.92. The Bertz CT molecular complexity index is 163. The highest BCUT2D eigenvalue weighted by Crippen LogP contribution is 2.17. The van der Waals surface area contributed by atoms with E-state index in [9.17, 15) is 0 Å². The number of aliphatic hydroxyl groups excluding tert-OH is 1. The van der Waals surface area contributed by atoms with Crippen molar-refractivity contribution in [2.45, 2.75) is 45.5 Å². The average Bonchev–Trinajstić information content (AvgIpc) is 2.01.